The highest BCUT2D eigenvalue weighted by atomic mass is 19.1. The molecule has 0 heterocycles. The number of benzene rings is 1. The molecule has 0 bridgehead atoms. The summed E-state index contributed by atoms with van der Waals surface area (Å²) in [6.07, 6.45) is 3.64. The second-order valence-corrected chi connectivity index (χ2v) is 7.49. The van der Waals surface area contributed by atoms with Crippen molar-refractivity contribution in [1.29, 1.82) is 0 Å². The molecule has 6 nitrogen and oxygen atoms in total. The number of carbonyl (C=O) groups is 3. The Balaban J connectivity index is 1.67. The number of carbonyl (C=O) groups excluding carboxylic acids is 3. The Morgan fingerprint density at radius 2 is 1.93 bits per heavy atom. The Morgan fingerprint density at radius 1 is 1.21 bits per heavy atom. The van der Waals surface area contributed by atoms with Crippen molar-refractivity contribution in [3.05, 3.63) is 35.4 Å². The third-order valence-corrected chi connectivity index (χ3v) is 5.14. The lowest BCUT2D eigenvalue weighted by Crippen LogP contribution is -2.46. The fourth-order valence-corrected chi connectivity index (χ4v) is 3.34. The highest BCUT2D eigenvalue weighted by Gasteiger charge is 2.26. The van der Waals surface area contributed by atoms with Gasteiger partial charge in [-0.3, -0.25) is 14.4 Å². The van der Waals surface area contributed by atoms with Gasteiger partial charge in [-0.1, -0.05) is 19.8 Å². The molecule has 2 N–H and O–H groups in total. The molecular weight excluding hydrogens is 382 g/mol. The van der Waals surface area contributed by atoms with Gasteiger partial charge in [-0.15, -0.1) is 0 Å². The van der Waals surface area contributed by atoms with Crippen LogP contribution in [0.25, 0.3) is 0 Å². The Kier molecular flexibility index (Phi) is 8.54. The first-order chi connectivity index (χ1) is 13.8. The Morgan fingerprint density at radius 3 is 2.62 bits per heavy atom. The van der Waals surface area contributed by atoms with Crippen molar-refractivity contribution in [2.75, 3.05) is 6.54 Å². The fraction of sp³-hybridized carbons (Fsp3) is 0.571. The zero-order valence-electron chi connectivity index (χ0n) is 16.8. The highest BCUT2D eigenvalue weighted by molar-refractivity contribution is 5.94. The molecule has 0 aromatic heterocycles. The number of hydrogen-bond acceptors (Lipinski definition) is 4. The van der Waals surface area contributed by atoms with E-state index in [1.807, 2.05) is 0 Å². The predicted molar refractivity (Wildman–Crippen MR) is 103 cm³/mol. The van der Waals surface area contributed by atoms with Crippen LogP contribution in [0.3, 0.4) is 0 Å². The standard InChI is InChI=1S/C21H28F2N2O4/c1-13-6-3-4-7-18(13)25-20(27)14(2)29-19(26)8-5-11-24-21(28)16-10-9-15(22)12-17(16)23/h9-10,12-14,18H,3-8,11H2,1-2H3,(H,24,28)(H,25,27). The summed E-state index contributed by atoms with van der Waals surface area (Å²) in [5, 5.41) is 5.41. The van der Waals surface area contributed by atoms with E-state index in [9.17, 15) is 23.2 Å². The number of rotatable bonds is 8. The summed E-state index contributed by atoms with van der Waals surface area (Å²) < 4.78 is 31.6. The van der Waals surface area contributed by atoms with E-state index >= 15 is 0 Å². The van der Waals surface area contributed by atoms with Gasteiger partial charge in [0.05, 0.1) is 5.56 Å². The van der Waals surface area contributed by atoms with Gasteiger partial charge in [0, 0.05) is 25.1 Å². The Bertz CT molecular complexity index is 741. The van der Waals surface area contributed by atoms with Gasteiger partial charge in [0.15, 0.2) is 6.10 Å². The van der Waals surface area contributed by atoms with Crippen LogP contribution in [0, 0.1) is 17.6 Å². The molecular formula is C21H28F2N2O4. The van der Waals surface area contributed by atoms with Crippen molar-refractivity contribution in [3.63, 3.8) is 0 Å². The molecule has 2 rings (SSSR count). The molecule has 1 aliphatic rings. The quantitative estimate of drug-likeness (QED) is 0.510. The minimum atomic E-state index is -0.950. The molecule has 2 amide bonds. The fourth-order valence-electron chi connectivity index (χ4n) is 3.34. The maximum Gasteiger partial charge on any atom is 0.306 e. The first-order valence-electron chi connectivity index (χ1n) is 10.0. The van der Waals surface area contributed by atoms with Crippen molar-refractivity contribution >= 4 is 17.8 Å². The van der Waals surface area contributed by atoms with E-state index in [-0.39, 0.29) is 36.9 Å². The van der Waals surface area contributed by atoms with Crippen LogP contribution in [0.4, 0.5) is 8.78 Å². The molecule has 1 fully saturated rings. The number of ether oxygens (including phenoxy) is 1. The van der Waals surface area contributed by atoms with Gasteiger partial charge in [0.1, 0.15) is 11.6 Å². The molecule has 1 aromatic rings. The summed E-state index contributed by atoms with van der Waals surface area (Å²) in [6.45, 7) is 3.75. The molecule has 0 saturated heterocycles. The van der Waals surface area contributed by atoms with E-state index in [0.29, 0.717) is 12.0 Å². The third-order valence-electron chi connectivity index (χ3n) is 5.14. The van der Waals surface area contributed by atoms with Crippen LogP contribution in [0.15, 0.2) is 18.2 Å². The normalized spacial score (nSPS) is 19.9. The maximum absolute atomic E-state index is 13.5. The van der Waals surface area contributed by atoms with Crippen LogP contribution in [0.2, 0.25) is 0 Å². The number of halogens is 2. The van der Waals surface area contributed by atoms with E-state index < -0.39 is 29.6 Å². The van der Waals surface area contributed by atoms with E-state index in [1.165, 1.54) is 13.3 Å². The van der Waals surface area contributed by atoms with Crippen molar-refractivity contribution in [3.8, 4) is 0 Å². The van der Waals surface area contributed by atoms with Gasteiger partial charge in [0.2, 0.25) is 0 Å². The predicted octanol–water partition coefficient (Wildman–Crippen LogP) is 3.10. The molecule has 0 aliphatic heterocycles. The van der Waals surface area contributed by atoms with Crippen molar-refractivity contribution in [2.24, 2.45) is 5.92 Å². The van der Waals surface area contributed by atoms with E-state index in [1.54, 1.807) is 0 Å². The van der Waals surface area contributed by atoms with Gasteiger partial charge in [-0.25, -0.2) is 8.78 Å². The van der Waals surface area contributed by atoms with E-state index in [4.69, 9.17) is 4.74 Å². The number of nitrogens with one attached hydrogen (secondary N) is 2. The smallest absolute Gasteiger partial charge is 0.306 e. The summed E-state index contributed by atoms with van der Waals surface area (Å²) >= 11 is 0. The number of esters is 1. The first kappa shape index (κ1) is 22.8. The van der Waals surface area contributed by atoms with Gasteiger partial charge in [-0.05, 0) is 44.2 Å². The minimum absolute atomic E-state index is 0.00360. The molecule has 160 valence electrons. The molecule has 29 heavy (non-hydrogen) atoms. The van der Waals surface area contributed by atoms with Gasteiger partial charge >= 0.3 is 5.97 Å². The molecule has 1 aliphatic carbocycles. The van der Waals surface area contributed by atoms with E-state index in [0.717, 1.165) is 31.4 Å². The minimum Gasteiger partial charge on any atom is -0.453 e. The molecule has 3 atom stereocenters. The van der Waals surface area contributed by atoms with Gasteiger partial charge in [0.25, 0.3) is 11.8 Å². The topological polar surface area (TPSA) is 84.5 Å². The summed E-state index contributed by atoms with van der Waals surface area (Å²) in [6, 6.07) is 2.80. The highest BCUT2D eigenvalue weighted by Crippen LogP contribution is 2.23. The van der Waals surface area contributed by atoms with Crippen molar-refractivity contribution in [2.45, 2.75) is 64.5 Å². The lowest BCUT2D eigenvalue weighted by Gasteiger charge is -2.30. The zero-order chi connectivity index (χ0) is 21.4. The SMILES string of the molecule is CC(OC(=O)CCCNC(=O)c1ccc(F)cc1F)C(=O)NC1CCCCC1C. The molecule has 8 heteroatoms. The lowest BCUT2D eigenvalue weighted by atomic mass is 9.86. The molecule has 3 unspecified atom stereocenters. The number of hydrogen-bond donors (Lipinski definition) is 2. The second-order valence-electron chi connectivity index (χ2n) is 7.49. The van der Waals surface area contributed by atoms with Gasteiger partial charge < -0.3 is 15.4 Å². The van der Waals surface area contributed by atoms with Crippen LogP contribution < -0.4 is 10.6 Å². The summed E-state index contributed by atoms with van der Waals surface area (Å²) in [4.78, 5) is 36.0. The molecule has 1 saturated carbocycles. The van der Waals surface area contributed by atoms with Crippen molar-refractivity contribution < 1.29 is 27.9 Å². The Labute approximate surface area is 169 Å². The molecule has 1 aromatic carbocycles. The summed E-state index contributed by atoms with van der Waals surface area (Å²) in [5.41, 5.74) is -0.267. The van der Waals surface area contributed by atoms with Crippen LogP contribution in [-0.2, 0) is 14.3 Å². The monoisotopic (exact) mass is 410 g/mol. The third kappa shape index (κ3) is 7.11. The zero-order valence-corrected chi connectivity index (χ0v) is 16.8. The van der Waals surface area contributed by atoms with Crippen LogP contribution >= 0.6 is 0 Å². The van der Waals surface area contributed by atoms with Crippen LogP contribution in [0.1, 0.15) is 62.7 Å². The average Bonchev–Trinajstić information content (AvgIpc) is 2.66. The molecule has 0 radical (unpaired) electrons. The van der Waals surface area contributed by atoms with Crippen LogP contribution in [0.5, 0.6) is 0 Å². The lowest BCUT2D eigenvalue weighted by molar-refractivity contribution is -0.155. The second kappa shape index (κ2) is 10.9. The maximum atomic E-state index is 13.5. The Hall–Kier alpha value is -2.51. The first-order valence-corrected chi connectivity index (χ1v) is 10.0. The van der Waals surface area contributed by atoms with Crippen molar-refractivity contribution in [1.82, 2.24) is 10.6 Å². The van der Waals surface area contributed by atoms with Gasteiger partial charge in [-0.2, -0.15) is 0 Å². The summed E-state index contributed by atoms with van der Waals surface area (Å²) in [7, 11) is 0. The largest absolute Gasteiger partial charge is 0.453 e. The number of amides is 2. The molecule has 0 spiro atoms. The van der Waals surface area contributed by atoms with Crippen LogP contribution in [-0.4, -0.2) is 36.5 Å². The average molecular weight is 410 g/mol. The summed E-state index contributed by atoms with van der Waals surface area (Å²) in [5.74, 6) is -2.86. The van der Waals surface area contributed by atoms with E-state index in [2.05, 4.69) is 17.6 Å².